The quantitative estimate of drug-likeness (QED) is 0.754. The van der Waals surface area contributed by atoms with Gasteiger partial charge in [0.2, 0.25) is 0 Å². The number of hydrogen-bond donors (Lipinski definition) is 0. The van der Waals surface area contributed by atoms with Crippen molar-refractivity contribution in [2.45, 2.75) is 24.0 Å². The monoisotopic (exact) mass is 381 g/mol. The molecule has 0 atom stereocenters. The van der Waals surface area contributed by atoms with Gasteiger partial charge < -0.3 is 4.74 Å². The van der Waals surface area contributed by atoms with Crippen LogP contribution in [0.1, 0.15) is 18.4 Å². The summed E-state index contributed by atoms with van der Waals surface area (Å²) >= 11 is 4.57. The lowest BCUT2D eigenvalue weighted by Gasteiger charge is -2.29. The molecule has 1 aliphatic rings. The summed E-state index contributed by atoms with van der Waals surface area (Å²) in [6, 6.07) is 1.68. The van der Waals surface area contributed by atoms with Gasteiger partial charge >= 0.3 is 5.97 Å². The van der Waals surface area contributed by atoms with Crippen LogP contribution < -0.4 is 0 Å². The molecule has 20 heavy (non-hydrogen) atoms. The number of ether oxygens (including phenoxy) is 1. The van der Waals surface area contributed by atoms with E-state index in [1.807, 2.05) is 6.92 Å². The molecule has 1 fully saturated rings. The van der Waals surface area contributed by atoms with Gasteiger partial charge in [0, 0.05) is 13.1 Å². The highest BCUT2D eigenvalue weighted by atomic mass is 79.9. The fraction of sp³-hybridized carbons (Fsp3) is 0.583. The predicted molar refractivity (Wildman–Crippen MR) is 80.3 cm³/mol. The van der Waals surface area contributed by atoms with E-state index in [0.29, 0.717) is 30.1 Å². The zero-order valence-corrected chi connectivity index (χ0v) is 14.5. The smallest absolute Gasteiger partial charge is 0.308 e. The largest absolute Gasteiger partial charge is 0.469 e. The van der Waals surface area contributed by atoms with E-state index >= 15 is 0 Å². The van der Waals surface area contributed by atoms with Gasteiger partial charge in [-0.25, -0.2) is 8.42 Å². The van der Waals surface area contributed by atoms with Crippen molar-refractivity contribution in [1.82, 2.24) is 4.31 Å². The Labute approximate surface area is 131 Å². The predicted octanol–water partition coefficient (Wildman–Crippen LogP) is 2.39. The molecular weight excluding hydrogens is 366 g/mol. The van der Waals surface area contributed by atoms with Crippen LogP contribution in [-0.4, -0.2) is 38.9 Å². The third-order valence-electron chi connectivity index (χ3n) is 3.42. The van der Waals surface area contributed by atoms with E-state index in [1.54, 1.807) is 6.07 Å². The Kier molecular flexibility index (Phi) is 4.88. The van der Waals surface area contributed by atoms with Crippen molar-refractivity contribution in [2.75, 3.05) is 20.2 Å². The van der Waals surface area contributed by atoms with Gasteiger partial charge in [0.05, 0.1) is 16.8 Å². The molecule has 112 valence electrons. The van der Waals surface area contributed by atoms with E-state index in [9.17, 15) is 13.2 Å². The number of halogens is 1. The van der Waals surface area contributed by atoms with Crippen LogP contribution in [0.15, 0.2) is 14.1 Å². The highest BCUT2D eigenvalue weighted by Gasteiger charge is 2.33. The summed E-state index contributed by atoms with van der Waals surface area (Å²) in [7, 11) is -2.09. The first-order valence-corrected chi connectivity index (χ1v) is 9.25. The molecule has 8 heteroatoms. The zero-order chi connectivity index (χ0) is 14.9. The number of rotatable bonds is 3. The van der Waals surface area contributed by atoms with Gasteiger partial charge in [-0.2, -0.15) is 4.31 Å². The summed E-state index contributed by atoms with van der Waals surface area (Å²) < 4.78 is 32.3. The Balaban J connectivity index is 2.11. The lowest BCUT2D eigenvalue weighted by molar-refractivity contribution is -0.146. The Morgan fingerprint density at radius 3 is 2.50 bits per heavy atom. The molecule has 5 nitrogen and oxygen atoms in total. The van der Waals surface area contributed by atoms with E-state index in [2.05, 4.69) is 15.9 Å². The number of methoxy groups -OCH3 is 1. The lowest BCUT2D eigenvalue weighted by atomic mass is 9.99. The molecule has 1 aromatic heterocycles. The maximum Gasteiger partial charge on any atom is 0.308 e. The van der Waals surface area contributed by atoms with E-state index < -0.39 is 10.0 Å². The molecule has 0 spiro atoms. The topological polar surface area (TPSA) is 63.7 Å². The van der Waals surface area contributed by atoms with E-state index in [1.165, 1.54) is 22.8 Å². The van der Waals surface area contributed by atoms with Crippen LogP contribution in [0.2, 0.25) is 0 Å². The first kappa shape index (κ1) is 15.9. The maximum absolute atomic E-state index is 12.5. The Hall–Kier alpha value is -0.440. The van der Waals surface area contributed by atoms with Crippen molar-refractivity contribution in [1.29, 1.82) is 0 Å². The number of carbonyl (C=O) groups is 1. The van der Waals surface area contributed by atoms with Crippen LogP contribution in [0.5, 0.6) is 0 Å². The molecule has 2 heterocycles. The SMILES string of the molecule is COC(=O)C1CCN(S(=O)(=O)c2cc(C)c(Br)s2)CC1. The molecule has 0 unspecified atom stereocenters. The molecule has 1 aliphatic heterocycles. The van der Waals surface area contributed by atoms with Crippen molar-refractivity contribution < 1.29 is 17.9 Å². The van der Waals surface area contributed by atoms with Crippen molar-refractivity contribution >= 4 is 43.3 Å². The fourth-order valence-corrected chi connectivity index (χ4v) is 6.04. The summed E-state index contributed by atoms with van der Waals surface area (Å²) in [5.74, 6) is -0.444. The van der Waals surface area contributed by atoms with E-state index in [-0.39, 0.29) is 11.9 Å². The number of carbonyl (C=O) groups excluding carboxylic acids is 1. The molecule has 1 saturated heterocycles. The average Bonchev–Trinajstić information content (AvgIpc) is 2.78. The summed E-state index contributed by atoms with van der Waals surface area (Å²) in [4.78, 5) is 11.4. The van der Waals surface area contributed by atoms with Crippen LogP contribution in [0.4, 0.5) is 0 Å². The molecule has 1 aromatic rings. The lowest BCUT2D eigenvalue weighted by Crippen LogP contribution is -2.40. The summed E-state index contributed by atoms with van der Waals surface area (Å²) in [5, 5.41) is 0. The van der Waals surface area contributed by atoms with Crippen LogP contribution in [0.3, 0.4) is 0 Å². The van der Waals surface area contributed by atoms with Crippen molar-refractivity contribution in [3.8, 4) is 0 Å². The molecule has 0 N–H and O–H groups in total. The molecule has 0 aliphatic carbocycles. The average molecular weight is 382 g/mol. The van der Waals surface area contributed by atoms with Crippen LogP contribution in [0, 0.1) is 12.8 Å². The summed E-state index contributed by atoms with van der Waals surface area (Å²) in [6.45, 7) is 2.58. The van der Waals surface area contributed by atoms with Gasteiger partial charge in [-0.3, -0.25) is 4.79 Å². The number of aryl methyl sites for hydroxylation is 1. The number of nitrogens with zero attached hydrogens (tertiary/aromatic N) is 1. The minimum absolute atomic E-state index is 0.191. The third kappa shape index (κ3) is 3.08. The first-order valence-electron chi connectivity index (χ1n) is 6.20. The number of thiophene rings is 1. The zero-order valence-electron chi connectivity index (χ0n) is 11.3. The van der Waals surface area contributed by atoms with Crippen LogP contribution in [-0.2, 0) is 19.6 Å². The Morgan fingerprint density at radius 1 is 1.45 bits per heavy atom. The van der Waals surface area contributed by atoms with E-state index in [0.717, 1.165) is 9.35 Å². The van der Waals surface area contributed by atoms with Gasteiger partial charge in [-0.05, 0) is 47.3 Å². The molecule has 0 saturated carbocycles. The Bertz CT molecular complexity index is 583. The van der Waals surface area contributed by atoms with Gasteiger partial charge in [0.25, 0.3) is 10.0 Å². The normalized spacial score (nSPS) is 18.1. The fourth-order valence-electron chi connectivity index (χ4n) is 2.18. The number of esters is 1. The standard InChI is InChI=1S/C12H16BrNO4S2/c1-8-7-10(19-11(8)13)20(16,17)14-5-3-9(4-6-14)12(15)18-2/h7,9H,3-6H2,1-2H3. The van der Waals surface area contributed by atoms with Gasteiger partial charge in [0.1, 0.15) is 4.21 Å². The Morgan fingerprint density at radius 2 is 2.05 bits per heavy atom. The second kappa shape index (κ2) is 6.13. The highest BCUT2D eigenvalue weighted by Crippen LogP contribution is 2.33. The summed E-state index contributed by atoms with van der Waals surface area (Å²) in [6.07, 6.45) is 1.02. The molecular formula is C12H16BrNO4S2. The third-order valence-corrected chi connectivity index (χ3v) is 7.90. The second-order valence-electron chi connectivity index (χ2n) is 4.72. The minimum atomic E-state index is -3.45. The van der Waals surface area contributed by atoms with Crippen molar-refractivity contribution in [2.24, 2.45) is 5.92 Å². The first-order chi connectivity index (χ1) is 9.36. The van der Waals surface area contributed by atoms with Crippen LogP contribution >= 0.6 is 27.3 Å². The highest BCUT2D eigenvalue weighted by molar-refractivity contribution is 9.11. The van der Waals surface area contributed by atoms with Gasteiger partial charge in [0.15, 0.2) is 0 Å². The molecule has 0 radical (unpaired) electrons. The van der Waals surface area contributed by atoms with Crippen molar-refractivity contribution in [3.05, 3.63) is 15.4 Å². The molecule has 0 amide bonds. The minimum Gasteiger partial charge on any atom is -0.469 e. The maximum atomic E-state index is 12.5. The molecule has 0 aromatic carbocycles. The van der Waals surface area contributed by atoms with Crippen LogP contribution in [0.25, 0.3) is 0 Å². The molecule has 2 rings (SSSR count). The number of hydrogen-bond acceptors (Lipinski definition) is 5. The number of piperidine rings is 1. The van der Waals surface area contributed by atoms with Gasteiger partial charge in [-0.1, -0.05) is 0 Å². The van der Waals surface area contributed by atoms with Gasteiger partial charge in [-0.15, -0.1) is 11.3 Å². The number of sulfonamides is 1. The van der Waals surface area contributed by atoms with E-state index in [4.69, 9.17) is 4.74 Å². The summed E-state index contributed by atoms with van der Waals surface area (Å²) in [5.41, 5.74) is 0.915. The second-order valence-corrected chi connectivity index (χ2v) is 9.26. The molecule has 0 bridgehead atoms. The van der Waals surface area contributed by atoms with Crippen molar-refractivity contribution in [3.63, 3.8) is 0 Å².